The average Bonchev–Trinajstić information content (AvgIpc) is 2.75. The van der Waals surface area contributed by atoms with Crippen LogP contribution in [0.1, 0.15) is 31.4 Å². The average molecular weight is 443 g/mol. The van der Waals surface area contributed by atoms with Crippen molar-refractivity contribution in [2.24, 2.45) is 4.99 Å². The lowest BCUT2D eigenvalue weighted by Gasteiger charge is -2.09. The summed E-state index contributed by atoms with van der Waals surface area (Å²) in [7, 11) is 0.500. The van der Waals surface area contributed by atoms with Gasteiger partial charge in [0.15, 0.2) is 5.76 Å². The van der Waals surface area contributed by atoms with Crippen molar-refractivity contribution in [1.29, 1.82) is 0 Å². The van der Waals surface area contributed by atoms with Crippen molar-refractivity contribution < 1.29 is 28.2 Å². The molecule has 0 saturated carbocycles. The van der Waals surface area contributed by atoms with Crippen molar-refractivity contribution in [2.45, 2.75) is 26.8 Å². The molecule has 0 unspecified atom stereocenters. The van der Waals surface area contributed by atoms with Gasteiger partial charge in [0.1, 0.15) is 0 Å². The quantitative estimate of drug-likeness (QED) is 0.192. The minimum absolute atomic E-state index is 0.0501. The predicted octanol–water partition coefficient (Wildman–Crippen LogP) is 5.91. The van der Waals surface area contributed by atoms with E-state index in [2.05, 4.69) is 23.5 Å². The second-order valence-corrected chi connectivity index (χ2v) is 6.59. The number of carbonyl (C=O) groups is 1. The summed E-state index contributed by atoms with van der Waals surface area (Å²) in [6.07, 6.45) is -0.809. The highest BCUT2D eigenvalue weighted by molar-refractivity contribution is 8.06. The number of rotatable bonds is 9. The lowest BCUT2D eigenvalue weighted by atomic mass is 10.1. The Morgan fingerprint density at radius 3 is 2.50 bits per heavy atom. The molecule has 0 radical (unpaired) electrons. The van der Waals surface area contributed by atoms with Crippen LogP contribution in [0, 0.1) is 0 Å². The van der Waals surface area contributed by atoms with Gasteiger partial charge in [0.25, 0.3) is 18.2 Å². The number of halogens is 3. The summed E-state index contributed by atoms with van der Waals surface area (Å²) in [5, 5.41) is 24.1. The molecule has 0 bridgehead atoms. The molecule has 0 aromatic heterocycles. The Morgan fingerprint density at radius 1 is 1.30 bits per heavy atom. The Morgan fingerprint density at radius 2 is 1.93 bits per heavy atom. The number of alkyl halides is 3. The smallest absolute Gasteiger partial charge is 0.263 e. The van der Waals surface area contributed by atoms with Gasteiger partial charge in [-0.3, -0.25) is 9.18 Å². The van der Waals surface area contributed by atoms with Gasteiger partial charge in [0.05, 0.1) is 18.5 Å². The molecule has 1 aromatic carbocycles. The monoisotopic (exact) mass is 442 g/mol. The van der Waals surface area contributed by atoms with Gasteiger partial charge >= 0.3 is 0 Å². The Bertz CT molecular complexity index is 850. The molecule has 1 amide bonds. The van der Waals surface area contributed by atoms with Crippen LogP contribution in [0.2, 0.25) is 0 Å². The van der Waals surface area contributed by atoms with E-state index < -0.39 is 29.5 Å². The summed E-state index contributed by atoms with van der Waals surface area (Å²) in [6.45, 7) is 10.6. The van der Waals surface area contributed by atoms with Crippen molar-refractivity contribution in [2.75, 3.05) is 7.18 Å². The summed E-state index contributed by atoms with van der Waals surface area (Å²) in [5.41, 5.74) is 0.236. The molecular formula is C21H25F3N2O3S. The number of benzene rings is 1. The molecule has 1 aromatic rings. The zero-order valence-electron chi connectivity index (χ0n) is 17.0. The lowest BCUT2D eigenvalue weighted by molar-refractivity contribution is -0.117. The molecule has 0 aliphatic carbocycles. The van der Waals surface area contributed by atoms with Gasteiger partial charge in [-0.2, -0.15) is 0 Å². The van der Waals surface area contributed by atoms with Crippen LogP contribution in [-0.4, -0.2) is 29.0 Å². The summed E-state index contributed by atoms with van der Waals surface area (Å²) >= 11 is 1.29. The highest BCUT2D eigenvalue weighted by Crippen LogP contribution is 2.20. The first kappa shape index (κ1) is 27.1. The molecule has 0 heterocycles. The first-order valence-electron chi connectivity index (χ1n) is 8.54. The van der Waals surface area contributed by atoms with Crippen LogP contribution in [0.5, 0.6) is 0 Å². The fourth-order valence-electron chi connectivity index (χ4n) is 1.88. The fraction of sp³-hybridized carbons (Fsp3) is 0.238. The number of thioether (sulfide) groups is 1. The molecule has 3 N–H and O–H groups in total. The standard InChI is InChI=1S/C20H22F2N2O3S.CH3F/c1-5-9-28-14(4)13(3)24-20(27)17(25)12(2)19(26)23-11-15-7-6-8-16(10-15)18(21)22;1-2/h5-10,18,25,27H,2,4,11H2,1,3H3,(H,23,26);1H3/b9-5-,20-17-,24-13+;. The number of aliphatic imine (C=N–C) groups is 1. The number of allylic oxidation sites excluding steroid dienone is 2. The normalized spacial score (nSPS) is 12.2. The van der Waals surface area contributed by atoms with Crippen molar-refractivity contribution in [3.05, 3.63) is 82.2 Å². The van der Waals surface area contributed by atoms with E-state index in [9.17, 15) is 28.2 Å². The summed E-state index contributed by atoms with van der Waals surface area (Å²) in [6, 6.07) is 5.58. The summed E-state index contributed by atoms with van der Waals surface area (Å²) in [5.74, 6) is -2.34. The van der Waals surface area contributed by atoms with Gasteiger partial charge in [-0.15, -0.1) is 0 Å². The largest absolute Gasteiger partial charge is 0.503 e. The highest BCUT2D eigenvalue weighted by Gasteiger charge is 2.16. The van der Waals surface area contributed by atoms with Gasteiger partial charge in [-0.05, 0) is 30.9 Å². The third kappa shape index (κ3) is 9.04. The van der Waals surface area contributed by atoms with Crippen molar-refractivity contribution >= 4 is 23.4 Å². The Balaban J connectivity index is 0.00000407. The lowest BCUT2D eigenvalue weighted by Crippen LogP contribution is -2.25. The number of carbonyl (C=O) groups excluding carboxylic acids is 1. The fourth-order valence-corrected chi connectivity index (χ4v) is 2.40. The van der Waals surface area contributed by atoms with Crippen LogP contribution < -0.4 is 5.32 Å². The summed E-state index contributed by atoms with van der Waals surface area (Å²) < 4.78 is 34.9. The van der Waals surface area contributed by atoms with E-state index in [1.807, 2.05) is 6.92 Å². The number of amides is 1. The Labute approximate surface area is 178 Å². The van der Waals surface area contributed by atoms with E-state index in [1.54, 1.807) is 24.5 Å². The van der Waals surface area contributed by atoms with E-state index >= 15 is 0 Å². The van der Waals surface area contributed by atoms with Crippen LogP contribution in [0.25, 0.3) is 0 Å². The van der Waals surface area contributed by atoms with Crippen LogP contribution in [0.4, 0.5) is 13.2 Å². The molecule has 30 heavy (non-hydrogen) atoms. The number of hydrogen-bond acceptors (Lipinski definition) is 5. The number of nitrogens with one attached hydrogen (secondary N) is 1. The van der Waals surface area contributed by atoms with Crippen LogP contribution in [-0.2, 0) is 11.3 Å². The second kappa shape index (κ2) is 14.1. The number of aliphatic hydroxyl groups excluding tert-OH is 2. The molecule has 164 valence electrons. The molecule has 0 saturated heterocycles. The number of hydrogen-bond donors (Lipinski definition) is 3. The molecule has 0 atom stereocenters. The van der Waals surface area contributed by atoms with E-state index in [0.717, 1.165) is 0 Å². The van der Waals surface area contributed by atoms with E-state index in [4.69, 9.17) is 0 Å². The van der Waals surface area contributed by atoms with Gasteiger partial charge in [-0.25, -0.2) is 13.8 Å². The topological polar surface area (TPSA) is 81.9 Å². The van der Waals surface area contributed by atoms with Crippen molar-refractivity contribution in [3.63, 3.8) is 0 Å². The van der Waals surface area contributed by atoms with Crippen molar-refractivity contribution in [3.8, 4) is 0 Å². The molecule has 5 nitrogen and oxygen atoms in total. The summed E-state index contributed by atoms with van der Waals surface area (Å²) in [4.78, 5) is 16.5. The molecule has 0 fully saturated rings. The Hall–Kier alpha value is -2.94. The first-order valence-corrected chi connectivity index (χ1v) is 9.42. The molecule has 1 rings (SSSR count). The maximum Gasteiger partial charge on any atom is 0.263 e. The molecule has 0 aliphatic rings. The van der Waals surface area contributed by atoms with Gasteiger partial charge < -0.3 is 15.5 Å². The first-order chi connectivity index (χ1) is 14.2. The Kier molecular flexibility index (Phi) is 12.7. The van der Waals surface area contributed by atoms with Crippen LogP contribution in [0.15, 0.2) is 76.0 Å². The third-order valence-electron chi connectivity index (χ3n) is 3.45. The molecular weight excluding hydrogens is 417 g/mol. The van der Waals surface area contributed by atoms with Gasteiger partial charge in [0.2, 0.25) is 0 Å². The number of aliphatic hydroxyl groups is 2. The maximum atomic E-state index is 12.7. The van der Waals surface area contributed by atoms with E-state index in [-0.39, 0.29) is 12.1 Å². The van der Waals surface area contributed by atoms with Gasteiger partial charge in [-0.1, -0.05) is 49.2 Å². The van der Waals surface area contributed by atoms with E-state index in [1.165, 1.54) is 30.0 Å². The van der Waals surface area contributed by atoms with Gasteiger partial charge in [0, 0.05) is 17.0 Å². The zero-order chi connectivity index (χ0) is 23.3. The molecule has 0 aliphatic heterocycles. The molecule has 0 spiro atoms. The van der Waals surface area contributed by atoms with Crippen molar-refractivity contribution in [1.82, 2.24) is 5.32 Å². The SMILES string of the molecule is C=C(C(=O)NCc1cccc(C(F)F)c1)/C(O)=C(O)\N=C(/C)C(=C)S/C=C\C.CF. The maximum absolute atomic E-state index is 12.7. The van der Waals surface area contributed by atoms with E-state index in [0.29, 0.717) is 23.4 Å². The molecule has 9 heteroatoms. The second-order valence-electron chi connectivity index (χ2n) is 5.59. The van der Waals surface area contributed by atoms with Crippen LogP contribution >= 0.6 is 11.8 Å². The minimum atomic E-state index is -2.61. The minimum Gasteiger partial charge on any atom is -0.503 e. The zero-order valence-corrected chi connectivity index (χ0v) is 17.8. The number of nitrogens with zero attached hydrogens (tertiary/aromatic N) is 1. The van der Waals surface area contributed by atoms with Crippen LogP contribution in [0.3, 0.4) is 0 Å². The third-order valence-corrected chi connectivity index (χ3v) is 4.44. The predicted molar refractivity (Wildman–Crippen MR) is 116 cm³/mol. The highest BCUT2D eigenvalue weighted by atomic mass is 32.2.